The Morgan fingerprint density at radius 2 is 1.91 bits per heavy atom. The number of carbonyl (C=O) groups is 1. The van der Waals surface area contributed by atoms with Crippen LogP contribution in [-0.4, -0.2) is 23.5 Å². The third kappa shape index (κ3) is 2.20. The van der Waals surface area contributed by atoms with Crippen LogP contribution in [0.25, 0.3) is 6.08 Å². The summed E-state index contributed by atoms with van der Waals surface area (Å²) < 4.78 is 10.6. The van der Waals surface area contributed by atoms with Crippen molar-refractivity contribution in [3.63, 3.8) is 0 Å². The Hall–Kier alpha value is -3.15. The van der Waals surface area contributed by atoms with Crippen molar-refractivity contribution in [2.75, 3.05) is 6.79 Å². The highest BCUT2D eigenvalue weighted by Gasteiger charge is 2.21. The van der Waals surface area contributed by atoms with Crippen molar-refractivity contribution in [2.24, 2.45) is 4.99 Å². The molecule has 0 saturated carbocycles. The lowest BCUT2D eigenvalue weighted by Crippen LogP contribution is -2.24. The second-order valence-electron chi connectivity index (χ2n) is 4.79. The molecule has 2 aliphatic rings. The van der Waals surface area contributed by atoms with Crippen LogP contribution in [0.15, 0.2) is 53.4 Å². The number of hydrogen-bond donors (Lipinski definition) is 1. The SMILES string of the molecule is O=C1NC(c2ccncc2)=N/C1=C/c1ccc2c(c1)OCO2. The summed E-state index contributed by atoms with van der Waals surface area (Å²) in [5.74, 6) is 1.67. The number of hydrogen-bond acceptors (Lipinski definition) is 5. The van der Waals surface area contributed by atoms with E-state index in [1.807, 2.05) is 18.2 Å². The zero-order valence-corrected chi connectivity index (χ0v) is 11.4. The Kier molecular flexibility index (Phi) is 2.86. The average Bonchev–Trinajstić information content (AvgIpc) is 3.15. The van der Waals surface area contributed by atoms with Gasteiger partial charge in [-0.2, -0.15) is 0 Å². The smallest absolute Gasteiger partial charge is 0.275 e. The van der Waals surface area contributed by atoms with E-state index in [9.17, 15) is 4.79 Å². The summed E-state index contributed by atoms with van der Waals surface area (Å²) in [6, 6.07) is 9.08. The van der Waals surface area contributed by atoms with Gasteiger partial charge in [0, 0.05) is 18.0 Å². The van der Waals surface area contributed by atoms with Gasteiger partial charge in [0.2, 0.25) is 6.79 Å². The van der Waals surface area contributed by atoms with Crippen LogP contribution in [0.3, 0.4) is 0 Å². The molecule has 1 amide bonds. The number of aromatic nitrogens is 1. The lowest BCUT2D eigenvalue weighted by Gasteiger charge is -1.98. The lowest BCUT2D eigenvalue weighted by atomic mass is 10.1. The van der Waals surface area contributed by atoms with E-state index < -0.39 is 0 Å². The number of amides is 1. The molecule has 1 aromatic heterocycles. The molecular weight excluding hydrogens is 282 g/mol. The van der Waals surface area contributed by atoms with Gasteiger partial charge in [-0.05, 0) is 35.9 Å². The Morgan fingerprint density at radius 1 is 1.09 bits per heavy atom. The van der Waals surface area contributed by atoms with E-state index in [0.29, 0.717) is 23.0 Å². The maximum absolute atomic E-state index is 12.0. The van der Waals surface area contributed by atoms with Gasteiger partial charge in [0.05, 0.1) is 0 Å². The third-order valence-corrected chi connectivity index (χ3v) is 3.35. The number of ether oxygens (including phenoxy) is 2. The fraction of sp³-hybridized carbons (Fsp3) is 0.0625. The molecule has 0 unspecified atom stereocenters. The van der Waals surface area contributed by atoms with Crippen LogP contribution in [0, 0.1) is 0 Å². The highest BCUT2D eigenvalue weighted by Crippen LogP contribution is 2.33. The van der Waals surface area contributed by atoms with Crippen LogP contribution in [0.4, 0.5) is 0 Å². The minimum atomic E-state index is -0.232. The van der Waals surface area contributed by atoms with Crippen molar-refractivity contribution in [3.05, 3.63) is 59.5 Å². The minimum absolute atomic E-state index is 0.222. The molecule has 22 heavy (non-hydrogen) atoms. The molecule has 1 aromatic carbocycles. The van der Waals surface area contributed by atoms with Crippen molar-refractivity contribution in [3.8, 4) is 11.5 Å². The van der Waals surface area contributed by atoms with E-state index in [1.54, 1.807) is 30.6 Å². The summed E-state index contributed by atoms with van der Waals surface area (Å²) in [7, 11) is 0. The van der Waals surface area contributed by atoms with Gasteiger partial charge in [0.15, 0.2) is 11.5 Å². The third-order valence-electron chi connectivity index (χ3n) is 3.35. The Bertz CT molecular complexity index is 813. The van der Waals surface area contributed by atoms with Crippen LogP contribution >= 0.6 is 0 Å². The van der Waals surface area contributed by atoms with E-state index >= 15 is 0 Å². The van der Waals surface area contributed by atoms with E-state index in [4.69, 9.17) is 9.47 Å². The summed E-state index contributed by atoms with van der Waals surface area (Å²) in [5, 5.41) is 2.75. The standard InChI is InChI=1S/C16H11N3O3/c20-16-12(18-15(19-16)11-3-5-17-6-4-11)7-10-1-2-13-14(8-10)22-9-21-13/h1-8H,9H2,(H,18,19,20)/b12-7+. The highest BCUT2D eigenvalue weighted by atomic mass is 16.7. The highest BCUT2D eigenvalue weighted by molar-refractivity contribution is 6.19. The molecule has 0 aliphatic carbocycles. The Morgan fingerprint density at radius 3 is 2.77 bits per heavy atom. The van der Waals surface area contributed by atoms with Crippen molar-refractivity contribution in [1.29, 1.82) is 0 Å². The molecule has 6 nitrogen and oxygen atoms in total. The molecule has 108 valence electrons. The van der Waals surface area contributed by atoms with Crippen LogP contribution in [0.2, 0.25) is 0 Å². The molecule has 2 aliphatic heterocycles. The van der Waals surface area contributed by atoms with Crippen LogP contribution in [0.5, 0.6) is 11.5 Å². The molecule has 1 N–H and O–H groups in total. The molecule has 0 atom stereocenters. The number of benzene rings is 1. The molecule has 0 bridgehead atoms. The predicted molar refractivity (Wildman–Crippen MR) is 79.5 cm³/mol. The predicted octanol–water partition coefficient (Wildman–Crippen LogP) is 1.73. The molecular formula is C16H11N3O3. The quantitative estimate of drug-likeness (QED) is 0.856. The van der Waals surface area contributed by atoms with E-state index in [0.717, 1.165) is 11.1 Å². The van der Waals surface area contributed by atoms with Gasteiger partial charge in [-0.3, -0.25) is 9.78 Å². The monoisotopic (exact) mass is 293 g/mol. The second-order valence-corrected chi connectivity index (χ2v) is 4.79. The van der Waals surface area contributed by atoms with Crippen molar-refractivity contribution in [2.45, 2.75) is 0 Å². The van der Waals surface area contributed by atoms with Gasteiger partial charge in [-0.1, -0.05) is 6.07 Å². The van der Waals surface area contributed by atoms with Gasteiger partial charge in [-0.25, -0.2) is 4.99 Å². The van der Waals surface area contributed by atoms with Gasteiger partial charge in [-0.15, -0.1) is 0 Å². The molecule has 6 heteroatoms. The first kappa shape index (κ1) is 12.6. The van der Waals surface area contributed by atoms with Crippen LogP contribution < -0.4 is 14.8 Å². The summed E-state index contributed by atoms with van der Waals surface area (Å²) >= 11 is 0. The Labute approximate surface area is 126 Å². The molecule has 4 rings (SSSR count). The summed E-state index contributed by atoms with van der Waals surface area (Å²) in [6.07, 6.45) is 5.03. The average molecular weight is 293 g/mol. The van der Waals surface area contributed by atoms with E-state index in [1.165, 1.54) is 0 Å². The fourth-order valence-corrected chi connectivity index (χ4v) is 2.28. The van der Waals surface area contributed by atoms with Crippen molar-refractivity contribution in [1.82, 2.24) is 10.3 Å². The largest absolute Gasteiger partial charge is 0.454 e. The zero-order chi connectivity index (χ0) is 14.9. The molecule has 2 aromatic rings. The summed E-state index contributed by atoms with van der Waals surface area (Å²) in [5.41, 5.74) is 2.00. The van der Waals surface area contributed by atoms with Gasteiger partial charge in [0.1, 0.15) is 11.5 Å². The first-order valence-electron chi connectivity index (χ1n) is 6.71. The number of carbonyl (C=O) groups excluding carboxylic acids is 1. The molecule has 0 radical (unpaired) electrons. The van der Waals surface area contributed by atoms with E-state index in [2.05, 4.69) is 15.3 Å². The number of nitrogens with zero attached hydrogens (tertiary/aromatic N) is 2. The number of fused-ring (bicyclic) bond motifs is 1. The first-order valence-corrected chi connectivity index (χ1v) is 6.71. The number of amidine groups is 1. The maximum Gasteiger partial charge on any atom is 0.275 e. The number of pyridine rings is 1. The minimum Gasteiger partial charge on any atom is -0.454 e. The van der Waals surface area contributed by atoms with Crippen LogP contribution in [-0.2, 0) is 4.79 Å². The van der Waals surface area contributed by atoms with Gasteiger partial charge < -0.3 is 14.8 Å². The fourth-order valence-electron chi connectivity index (χ4n) is 2.28. The van der Waals surface area contributed by atoms with Crippen molar-refractivity contribution >= 4 is 17.8 Å². The van der Waals surface area contributed by atoms with E-state index in [-0.39, 0.29) is 12.7 Å². The van der Waals surface area contributed by atoms with Gasteiger partial charge >= 0.3 is 0 Å². The number of nitrogens with one attached hydrogen (secondary N) is 1. The topological polar surface area (TPSA) is 72.8 Å². The van der Waals surface area contributed by atoms with Crippen LogP contribution in [0.1, 0.15) is 11.1 Å². The lowest BCUT2D eigenvalue weighted by molar-refractivity contribution is -0.115. The van der Waals surface area contributed by atoms with Crippen molar-refractivity contribution < 1.29 is 14.3 Å². The summed E-state index contributed by atoms with van der Waals surface area (Å²) in [6.45, 7) is 0.222. The first-order chi connectivity index (χ1) is 10.8. The molecule has 0 saturated heterocycles. The molecule has 0 spiro atoms. The zero-order valence-electron chi connectivity index (χ0n) is 11.4. The second kappa shape index (κ2) is 5.00. The normalized spacial score (nSPS) is 17.5. The number of aliphatic imine (C=N–C) groups is 1. The Balaban J connectivity index is 1.67. The number of rotatable bonds is 2. The summed E-state index contributed by atoms with van der Waals surface area (Å²) in [4.78, 5) is 20.3. The molecule has 0 fully saturated rings. The molecule has 3 heterocycles. The maximum atomic E-state index is 12.0. The van der Waals surface area contributed by atoms with Gasteiger partial charge in [0.25, 0.3) is 5.91 Å².